The zero-order chi connectivity index (χ0) is 19.4. The van der Waals surface area contributed by atoms with Crippen molar-refractivity contribution in [3.8, 4) is 0 Å². The number of rotatable bonds is 6. The third kappa shape index (κ3) is 3.90. The van der Waals surface area contributed by atoms with Crippen LogP contribution in [0.25, 0.3) is 10.9 Å². The molecule has 0 bridgehead atoms. The Labute approximate surface area is 159 Å². The lowest BCUT2D eigenvalue weighted by Crippen LogP contribution is -2.17. The maximum absolute atomic E-state index is 13.2. The monoisotopic (exact) mass is 360 g/mol. The normalized spacial score (nSPS) is 10.8. The fourth-order valence-electron chi connectivity index (χ4n) is 3.40. The molecule has 0 aliphatic rings. The molecular formula is C23H24N2O2. The van der Waals surface area contributed by atoms with Crippen LogP contribution >= 0.6 is 0 Å². The summed E-state index contributed by atoms with van der Waals surface area (Å²) in [6, 6.07) is 14.8. The van der Waals surface area contributed by atoms with E-state index < -0.39 is 0 Å². The quantitative estimate of drug-likeness (QED) is 0.614. The second kappa shape index (κ2) is 8.12. The van der Waals surface area contributed by atoms with E-state index in [1.54, 1.807) is 24.3 Å². The lowest BCUT2D eigenvalue weighted by Gasteiger charge is -2.16. The Hall–Kier alpha value is -3.01. The van der Waals surface area contributed by atoms with Gasteiger partial charge in [-0.25, -0.2) is 0 Å². The molecule has 0 saturated heterocycles. The highest BCUT2D eigenvalue weighted by atomic mass is 16.1. The van der Waals surface area contributed by atoms with Crippen molar-refractivity contribution in [2.24, 2.45) is 0 Å². The molecule has 4 nitrogen and oxygen atoms in total. The highest BCUT2D eigenvalue weighted by molar-refractivity contribution is 6.14. The van der Waals surface area contributed by atoms with E-state index in [2.05, 4.69) is 19.2 Å². The molecule has 1 amide bonds. The van der Waals surface area contributed by atoms with E-state index in [-0.39, 0.29) is 11.7 Å². The predicted molar refractivity (Wildman–Crippen MR) is 110 cm³/mol. The van der Waals surface area contributed by atoms with Gasteiger partial charge in [0.15, 0.2) is 5.78 Å². The molecule has 4 heteroatoms. The van der Waals surface area contributed by atoms with Crippen LogP contribution in [0.15, 0.2) is 48.5 Å². The molecule has 0 aliphatic carbocycles. The molecule has 0 atom stereocenters. The van der Waals surface area contributed by atoms with E-state index in [4.69, 9.17) is 4.98 Å². The summed E-state index contributed by atoms with van der Waals surface area (Å²) in [4.78, 5) is 29.6. The van der Waals surface area contributed by atoms with Crippen molar-refractivity contribution in [3.05, 3.63) is 70.9 Å². The van der Waals surface area contributed by atoms with Crippen molar-refractivity contribution in [3.63, 3.8) is 0 Å². The van der Waals surface area contributed by atoms with Crippen molar-refractivity contribution in [2.45, 2.75) is 40.0 Å². The number of anilines is 1. The standard InChI is InChI=1S/C23H24N2O2/c1-4-9-20-18(5-2)22(19-12-6-7-13-21(19)25-20)23(27)24-17-11-8-10-16(14-17)15(3)26/h6-8,10-14H,4-5,9H2,1-3H3,(H,24,27). The number of pyridine rings is 1. The molecule has 0 radical (unpaired) electrons. The minimum absolute atomic E-state index is 0.0278. The topological polar surface area (TPSA) is 59.1 Å². The first-order chi connectivity index (χ1) is 13.0. The molecule has 3 aromatic rings. The van der Waals surface area contributed by atoms with Crippen LogP contribution in [0.4, 0.5) is 5.69 Å². The second-order valence-electron chi connectivity index (χ2n) is 6.62. The van der Waals surface area contributed by atoms with E-state index in [1.165, 1.54) is 6.92 Å². The zero-order valence-electron chi connectivity index (χ0n) is 16.0. The molecule has 0 spiro atoms. The van der Waals surface area contributed by atoms with E-state index in [9.17, 15) is 9.59 Å². The highest BCUT2D eigenvalue weighted by Gasteiger charge is 2.19. The van der Waals surface area contributed by atoms with Crippen molar-refractivity contribution in [2.75, 3.05) is 5.32 Å². The number of aryl methyl sites for hydroxylation is 1. The number of para-hydroxylation sites is 1. The molecule has 1 heterocycles. The Morgan fingerprint density at radius 1 is 1.04 bits per heavy atom. The summed E-state index contributed by atoms with van der Waals surface area (Å²) in [6.07, 6.45) is 2.55. The molecule has 2 aromatic carbocycles. The number of amides is 1. The summed E-state index contributed by atoms with van der Waals surface area (Å²) < 4.78 is 0. The Balaban J connectivity index is 2.10. The minimum atomic E-state index is -0.163. The number of Topliss-reactive ketones (excluding diaryl/α,β-unsaturated/α-hetero) is 1. The number of nitrogens with zero attached hydrogens (tertiary/aromatic N) is 1. The molecule has 1 N–H and O–H groups in total. The Bertz CT molecular complexity index is 1010. The van der Waals surface area contributed by atoms with Gasteiger partial charge in [-0.3, -0.25) is 14.6 Å². The maximum Gasteiger partial charge on any atom is 0.256 e. The van der Waals surface area contributed by atoms with Gasteiger partial charge in [0, 0.05) is 22.3 Å². The summed E-state index contributed by atoms with van der Waals surface area (Å²) in [5, 5.41) is 3.83. The average Bonchev–Trinajstić information content (AvgIpc) is 2.67. The molecule has 0 aliphatic heterocycles. The Kier molecular flexibility index (Phi) is 5.65. The number of fused-ring (bicyclic) bond motifs is 1. The highest BCUT2D eigenvalue weighted by Crippen LogP contribution is 2.26. The minimum Gasteiger partial charge on any atom is -0.322 e. The Morgan fingerprint density at radius 2 is 1.81 bits per heavy atom. The summed E-state index contributed by atoms with van der Waals surface area (Å²) in [5.41, 5.74) is 4.69. The van der Waals surface area contributed by atoms with Crippen LogP contribution in [0, 0.1) is 0 Å². The fourth-order valence-corrected chi connectivity index (χ4v) is 3.40. The van der Waals surface area contributed by atoms with Crippen molar-refractivity contribution in [1.29, 1.82) is 0 Å². The van der Waals surface area contributed by atoms with Gasteiger partial charge >= 0.3 is 0 Å². The van der Waals surface area contributed by atoms with Crippen molar-refractivity contribution >= 4 is 28.3 Å². The first-order valence-electron chi connectivity index (χ1n) is 9.38. The van der Waals surface area contributed by atoms with E-state index in [1.807, 2.05) is 24.3 Å². The van der Waals surface area contributed by atoms with E-state index >= 15 is 0 Å². The summed E-state index contributed by atoms with van der Waals surface area (Å²) >= 11 is 0. The molecular weight excluding hydrogens is 336 g/mol. The predicted octanol–water partition coefficient (Wildman–Crippen LogP) is 5.20. The largest absolute Gasteiger partial charge is 0.322 e. The van der Waals surface area contributed by atoms with Crippen LogP contribution in [0.3, 0.4) is 0 Å². The molecule has 0 fully saturated rings. The average molecular weight is 360 g/mol. The lowest BCUT2D eigenvalue weighted by atomic mass is 9.96. The second-order valence-corrected chi connectivity index (χ2v) is 6.62. The van der Waals surface area contributed by atoms with Gasteiger partial charge < -0.3 is 5.32 Å². The number of carbonyl (C=O) groups is 2. The van der Waals surface area contributed by atoms with Crippen molar-refractivity contribution in [1.82, 2.24) is 4.98 Å². The fraction of sp³-hybridized carbons (Fsp3) is 0.261. The molecule has 0 unspecified atom stereocenters. The smallest absolute Gasteiger partial charge is 0.256 e. The molecule has 1 aromatic heterocycles. The van der Waals surface area contributed by atoms with Crippen LogP contribution < -0.4 is 5.32 Å². The van der Waals surface area contributed by atoms with Gasteiger partial charge in [0.25, 0.3) is 5.91 Å². The number of hydrogen-bond donors (Lipinski definition) is 1. The van der Waals surface area contributed by atoms with Gasteiger partial charge in [0.2, 0.25) is 0 Å². The van der Waals surface area contributed by atoms with Crippen molar-refractivity contribution < 1.29 is 9.59 Å². The lowest BCUT2D eigenvalue weighted by molar-refractivity contribution is 0.101. The van der Waals surface area contributed by atoms with Crippen LogP contribution in [-0.4, -0.2) is 16.7 Å². The van der Waals surface area contributed by atoms with E-state index in [0.29, 0.717) is 16.8 Å². The van der Waals surface area contributed by atoms with Gasteiger partial charge in [0.1, 0.15) is 0 Å². The first-order valence-corrected chi connectivity index (χ1v) is 9.38. The van der Waals surface area contributed by atoms with Gasteiger partial charge in [-0.2, -0.15) is 0 Å². The number of aromatic nitrogens is 1. The van der Waals surface area contributed by atoms with Crippen LogP contribution in [0.2, 0.25) is 0 Å². The number of hydrogen-bond acceptors (Lipinski definition) is 3. The third-order valence-corrected chi connectivity index (χ3v) is 4.67. The van der Waals surface area contributed by atoms with Crippen LogP contribution in [0.1, 0.15) is 59.2 Å². The van der Waals surface area contributed by atoms with E-state index in [0.717, 1.165) is 41.4 Å². The first kappa shape index (κ1) is 18.8. The van der Waals surface area contributed by atoms with Crippen LogP contribution in [-0.2, 0) is 12.8 Å². The Morgan fingerprint density at radius 3 is 2.52 bits per heavy atom. The number of ketones is 1. The summed E-state index contributed by atoms with van der Waals surface area (Å²) in [7, 11) is 0. The number of nitrogens with one attached hydrogen (secondary N) is 1. The SMILES string of the molecule is CCCc1nc2ccccc2c(C(=O)Nc2cccc(C(C)=O)c2)c1CC. The molecule has 27 heavy (non-hydrogen) atoms. The van der Waals surface area contributed by atoms with Gasteiger partial charge in [-0.05, 0) is 43.5 Å². The molecule has 138 valence electrons. The van der Waals surface area contributed by atoms with Gasteiger partial charge in [0.05, 0.1) is 11.1 Å². The molecule has 3 rings (SSSR count). The molecule has 0 saturated carbocycles. The van der Waals surface area contributed by atoms with Crippen LogP contribution in [0.5, 0.6) is 0 Å². The van der Waals surface area contributed by atoms with Gasteiger partial charge in [-0.1, -0.05) is 50.6 Å². The summed E-state index contributed by atoms with van der Waals surface area (Å²) in [6.45, 7) is 5.69. The number of benzene rings is 2. The third-order valence-electron chi connectivity index (χ3n) is 4.67. The number of carbonyl (C=O) groups excluding carboxylic acids is 2. The van der Waals surface area contributed by atoms with Gasteiger partial charge in [-0.15, -0.1) is 0 Å². The maximum atomic E-state index is 13.2. The zero-order valence-corrected chi connectivity index (χ0v) is 16.0. The summed E-state index contributed by atoms with van der Waals surface area (Å²) in [5.74, 6) is -0.191.